The van der Waals surface area contributed by atoms with E-state index >= 15 is 0 Å². The van der Waals surface area contributed by atoms with Gasteiger partial charge >= 0.3 is 0 Å². The van der Waals surface area contributed by atoms with E-state index in [0.29, 0.717) is 6.61 Å². The first-order valence-electron chi connectivity index (χ1n) is 4.05. The Hall–Kier alpha value is -0.360. The lowest BCUT2D eigenvalue weighted by Crippen LogP contribution is -2.20. The first-order valence-corrected chi connectivity index (χ1v) is 4.05. The number of hydrogen-bond acceptors (Lipinski definition) is 4. The molecule has 1 aromatic rings. The van der Waals surface area contributed by atoms with Gasteiger partial charge in [0.05, 0.1) is 13.2 Å². The van der Waals surface area contributed by atoms with Crippen molar-refractivity contribution < 1.29 is 4.74 Å². The molecule has 1 aromatic heterocycles. The number of nitrogens with one attached hydrogen (secondary N) is 1. The van der Waals surface area contributed by atoms with Gasteiger partial charge in [-0.1, -0.05) is 0 Å². The molecule has 0 saturated heterocycles. The molecule has 82 valence electrons. The maximum Gasteiger partial charge on any atom is 0.159 e. The van der Waals surface area contributed by atoms with Crippen molar-refractivity contribution in [3.63, 3.8) is 0 Å². The number of aromatic nitrogens is 3. The Morgan fingerprint density at radius 1 is 1.43 bits per heavy atom. The minimum atomic E-state index is 0. The van der Waals surface area contributed by atoms with Crippen LogP contribution in [0.2, 0.25) is 0 Å². The molecule has 0 saturated carbocycles. The first kappa shape index (κ1) is 13.6. The average molecular weight is 241 g/mol. The molecule has 2 rings (SSSR count). The number of ether oxygens (including phenoxy) is 1. The summed E-state index contributed by atoms with van der Waals surface area (Å²) in [6.45, 7) is 3.00. The van der Waals surface area contributed by atoms with Crippen molar-refractivity contribution in [2.45, 2.75) is 19.7 Å². The summed E-state index contributed by atoms with van der Waals surface area (Å²) in [5.41, 5.74) is 0. The highest BCUT2D eigenvalue weighted by Gasteiger charge is 2.14. The lowest BCUT2D eigenvalue weighted by Gasteiger charge is -2.14. The van der Waals surface area contributed by atoms with Gasteiger partial charge in [-0.05, 0) is 7.05 Å². The molecule has 7 heteroatoms. The van der Waals surface area contributed by atoms with Gasteiger partial charge in [-0.3, -0.25) is 0 Å². The Morgan fingerprint density at radius 3 is 2.93 bits per heavy atom. The van der Waals surface area contributed by atoms with Crippen molar-refractivity contribution in [3.05, 3.63) is 11.6 Å². The summed E-state index contributed by atoms with van der Waals surface area (Å²) in [7, 11) is 1.90. The molecule has 1 aliphatic rings. The first-order chi connectivity index (χ1) is 5.92. The fourth-order valence-corrected chi connectivity index (χ4v) is 1.35. The summed E-state index contributed by atoms with van der Waals surface area (Å²) in [5, 5.41) is 11.1. The van der Waals surface area contributed by atoms with Crippen LogP contribution in [0.4, 0.5) is 0 Å². The summed E-state index contributed by atoms with van der Waals surface area (Å²) in [6.07, 6.45) is 0. The second-order valence-corrected chi connectivity index (χ2v) is 2.77. The Bertz CT molecular complexity index is 279. The average Bonchev–Trinajstić information content (AvgIpc) is 2.50. The largest absolute Gasteiger partial charge is 0.372 e. The zero-order valence-electron chi connectivity index (χ0n) is 7.89. The molecular formula is C7H14Cl2N4O. The molecule has 0 radical (unpaired) electrons. The Morgan fingerprint density at radius 2 is 2.21 bits per heavy atom. The lowest BCUT2D eigenvalue weighted by molar-refractivity contribution is 0.0805. The predicted octanol–water partition coefficient (Wildman–Crippen LogP) is 0.371. The molecular weight excluding hydrogens is 227 g/mol. The normalized spacial score (nSPS) is 13.8. The SMILES string of the molecule is CNCc1nnc2n1CCOC2.Cl.Cl. The van der Waals surface area contributed by atoms with E-state index in [1.54, 1.807) is 0 Å². The topological polar surface area (TPSA) is 52.0 Å². The van der Waals surface area contributed by atoms with E-state index < -0.39 is 0 Å². The molecule has 2 heterocycles. The van der Waals surface area contributed by atoms with E-state index in [0.717, 1.165) is 31.3 Å². The fourth-order valence-electron chi connectivity index (χ4n) is 1.35. The standard InChI is InChI=1S/C7H12N4O.2ClH/c1-8-4-6-9-10-7-5-12-3-2-11(6)7;;/h8H,2-5H2,1H3;2*1H. The molecule has 0 fully saturated rings. The van der Waals surface area contributed by atoms with Crippen LogP contribution in [-0.2, 0) is 24.4 Å². The third-order valence-corrected chi connectivity index (χ3v) is 1.93. The van der Waals surface area contributed by atoms with E-state index in [4.69, 9.17) is 4.74 Å². The maximum absolute atomic E-state index is 5.24. The number of halogens is 2. The summed E-state index contributed by atoms with van der Waals surface area (Å²) in [5.74, 6) is 1.93. The van der Waals surface area contributed by atoms with Crippen LogP contribution in [0.15, 0.2) is 0 Å². The molecule has 0 aliphatic carbocycles. The quantitative estimate of drug-likeness (QED) is 0.812. The number of rotatable bonds is 2. The monoisotopic (exact) mass is 240 g/mol. The van der Waals surface area contributed by atoms with E-state index in [9.17, 15) is 0 Å². The van der Waals surface area contributed by atoms with Crippen molar-refractivity contribution in [2.75, 3.05) is 13.7 Å². The minimum absolute atomic E-state index is 0. The van der Waals surface area contributed by atoms with Gasteiger partial charge in [0.1, 0.15) is 12.4 Å². The second-order valence-electron chi connectivity index (χ2n) is 2.77. The Labute approximate surface area is 95.0 Å². The van der Waals surface area contributed by atoms with Crippen molar-refractivity contribution >= 4 is 24.8 Å². The summed E-state index contributed by atoms with van der Waals surface area (Å²) in [6, 6.07) is 0. The predicted molar refractivity (Wildman–Crippen MR) is 56.9 cm³/mol. The number of nitrogens with zero attached hydrogens (tertiary/aromatic N) is 3. The number of hydrogen-bond donors (Lipinski definition) is 1. The summed E-state index contributed by atoms with van der Waals surface area (Å²) < 4.78 is 7.35. The molecule has 0 spiro atoms. The van der Waals surface area contributed by atoms with Gasteiger partial charge in [0.2, 0.25) is 0 Å². The minimum Gasteiger partial charge on any atom is -0.372 e. The fraction of sp³-hybridized carbons (Fsp3) is 0.714. The molecule has 1 aliphatic heterocycles. The Balaban J connectivity index is 0.000000845. The molecule has 0 amide bonds. The van der Waals surface area contributed by atoms with Gasteiger partial charge < -0.3 is 14.6 Å². The van der Waals surface area contributed by atoms with Gasteiger partial charge in [-0.15, -0.1) is 35.0 Å². The zero-order chi connectivity index (χ0) is 8.39. The van der Waals surface area contributed by atoms with E-state index in [1.165, 1.54) is 0 Å². The number of fused-ring (bicyclic) bond motifs is 1. The maximum atomic E-state index is 5.24. The van der Waals surface area contributed by atoms with E-state index in [2.05, 4.69) is 20.1 Å². The summed E-state index contributed by atoms with van der Waals surface area (Å²) in [4.78, 5) is 0. The van der Waals surface area contributed by atoms with Crippen LogP contribution < -0.4 is 5.32 Å². The van der Waals surface area contributed by atoms with Crippen molar-refractivity contribution in [3.8, 4) is 0 Å². The molecule has 5 nitrogen and oxygen atoms in total. The van der Waals surface area contributed by atoms with Crippen LogP contribution in [0.5, 0.6) is 0 Å². The van der Waals surface area contributed by atoms with Crippen molar-refractivity contribution in [2.24, 2.45) is 0 Å². The van der Waals surface area contributed by atoms with Gasteiger partial charge in [0.25, 0.3) is 0 Å². The van der Waals surface area contributed by atoms with Crippen molar-refractivity contribution in [1.29, 1.82) is 0 Å². The molecule has 0 atom stereocenters. The van der Waals surface area contributed by atoms with Gasteiger partial charge in [-0.25, -0.2) is 0 Å². The molecule has 1 N–H and O–H groups in total. The zero-order valence-corrected chi connectivity index (χ0v) is 9.53. The second kappa shape index (κ2) is 6.19. The Kier molecular flexibility index (Phi) is 6.03. The van der Waals surface area contributed by atoms with Crippen molar-refractivity contribution in [1.82, 2.24) is 20.1 Å². The van der Waals surface area contributed by atoms with Gasteiger partial charge in [-0.2, -0.15) is 0 Å². The van der Waals surface area contributed by atoms with Gasteiger partial charge in [0.15, 0.2) is 5.82 Å². The van der Waals surface area contributed by atoms with Crippen LogP contribution >= 0.6 is 24.8 Å². The highest BCUT2D eigenvalue weighted by Crippen LogP contribution is 2.08. The lowest BCUT2D eigenvalue weighted by atomic mass is 10.4. The molecule has 0 unspecified atom stereocenters. The van der Waals surface area contributed by atoms with Crippen LogP contribution in [0.25, 0.3) is 0 Å². The summed E-state index contributed by atoms with van der Waals surface area (Å²) >= 11 is 0. The third-order valence-electron chi connectivity index (χ3n) is 1.93. The molecule has 0 aromatic carbocycles. The third kappa shape index (κ3) is 2.57. The smallest absolute Gasteiger partial charge is 0.159 e. The highest BCUT2D eigenvalue weighted by molar-refractivity contribution is 5.85. The highest BCUT2D eigenvalue weighted by atomic mass is 35.5. The van der Waals surface area contributed by atoms with Crippen LogP contribution in [0.1, 0.15) is 11.6 Å². The van der Waals surface area contributed by atoms with Crippen LogP contribution in [0, 0.1) is 0 Å². The van der Waals surface area contributed by atoms with E-state index in [-0.39, 0.29) is 24.8 Å². The molecule has 14 heavy (non-hydrogen) atoms. The van der Waals surface area contributed by atoms with E-state index in [1.807, 2.05) is 7.05 Å². The van der Waals surface area contributed by atoms with Crippen LogP contribution in [0.3, 0.4) is 0 Å². The van der Waals surface area contributed by atoms with Crippen LogP contribution in [-0.4, -0.2) is 28.4 Å². The molecule has 0 bridgehead atoms. The van der Waals surface area contributed by atoms with Gasteiger partial charge in [0, 0.05) is 6.54 Å².